The van der Waals surface area contributed by atoms with Crippen LogP contribution in [0.3, 0.4) is 0 Å². The number of nitrogens with two attached hydrogens (primary N) is 1. The quantitative estimate of drug-likeness (QED) is 0.912. The van der Waals surface area contributed by atoms with Gasteiger partial charge < -0.3 is 10.6 Å². The predicted octanol–water partition coefficient (Wildman–Crippen LogP) is 1.73. The lowest BCUT2D eigenvalue weighted by Crippen LogP contribution is -2.40. The second-order valence-corrected chi connectivity index (χ2v) is 3.98. The molecule has 1 aromatic rings. The third-order valence-electron chi connectivity index (χ3n) is 2.77. The molecule has 0 saturated heterocycles. The first-order chi connectivity index (χ1) is 7.97. The number of hydrogen-bond acceptors (Lipinski definition) is 2. The van der Waals surface area contributed by atoms with Crippen LogP contribution in [-0.2, 0) is 11.2 Å². The van der Waals surface area contributed by atoms with E-state index in [9.17, 15) is 13.6 Å². The van der Waals surface area contributed by atoms with E-state index < -0.39 is 11.6 Å². The minimum atomic E-state index is -0.963. The Kier molecular flexibility index (Phi) is 6.80. The summed E-state index contributed by atoms with van der Waals surface area (Å²) in [6.45, 7) is 2.12. The second kappa shape index (κ2) is 7.28. The number of hydrogen-bond donors (Lipinski definition) is 1. The van der Waals surface area contributed by atoms with E-state index in [2.05, 4.69) is 0 Å². The summed E-state index contributed by atoms with van der Waals surface area (Å²) in [6.07, 6.45) is -0.162. The smallest absolute Gasteiger partial charge is 0.227 e. The van der Waals surface area contributed by atoms with Crippen molar-refractivity contribution in [1.82, 2.24) is 4.90 Å². The summed E-state index contributed by atoms with van der Waals surface area (Å²) in [7, 11) is 1.59. The van der Waals surface area contributed by atoms with Gasteiger partial charge in [0.2, 0.25) is 5.91 Å². The SMILES string of the molecule is CC(CN)N(C)C(=O)Cc1cccc(F)c1F.Cl. The molecule has 0 heterocycles. The van der Waals surface area contributed by atoms with Crippen LogP contribution in [0.15, 0.2) is 18.2 Å². The molecule has 0 aromatic heterocycles. The van der Waals surface area contributed by atoms with Gasteiger partial charge in [0.1, 0.15) is 0 Å². The van der Waals surface area contributed by atoms with Crippen LogP contribution in [0.1, 0.15) is 12.5 Å². The third kappa shape index (κ3) is 3.92. The average molecular weight is 279 g/mol. The first-order valence-corrected chi connectivity index (χ1v) is 5.36. The number of halogens is 3. The van der Waals surface area contributed by atoms with E-state index in [-0.39, 0.29) is 36.3 Å². The fourth-order valence-corrected chi connectivity index (χ4v) is 1.38. The maximum Gasteiger partial charge on any atom is 0.227 e. The number of rotatable bonds is 4. The second-order valence-electron chi connectivity index (χ2n) is 3.98. The molecule has 2 N–H and O–H groups in total. The van der Waals surface area contributed by atoms with Crippen molar-refractivity contribution in [2.24, 2.45) is 5.73 Å². The standard InChI is InChI=1S/C12H16F2N2O.ClH/c1-8(7-15)16(2)11(17)6-9-4-3-5-10(13)12(9)14;/h3-5,8H,6-7,15H2,1-2H3;1H. The van der Waals surface area contributed by atoms with Crippen LogP contribution in [0.2, 0.25) is 0 Å². The zero-order valence-electron chi connectivity index (χ0n) is 10.3. The first kappa shape index (κ1) is 16.8. The van der Waals surface area contributed by atoms with Crippen molar-refractivity contribution in [1.29, 1.82) is 0 Å². The monoisotopic (exact) mass is 278 g/mol. The summed E-state index contributed by atoms with van der Waals surface area (Å²) >= 11 is 0. The van der Waals surface area contributed by atoms with Gasteiger partial charge in [-0.15, -0.1) is 12.4 Å². The van der Waals surface area contributed by atoms with Gasteiger partial charge in [-0.2, -0.15) is 0 Å². The van der Waals surface area contributed by atoms with Gasteiger partial charge in [0.15, 0.2) is 11.6 Å². The Morgan fingerprint density at radius 1 is 1.44 bits per heavy atom. The molecule has 0 radical (unpaired) electrons. The minimum absolute atomic E-state index is 0. The molecule has 18 heavy (non-hydrogen) atoms. The third-order valence-corrected chi connectivity index (χ3v) is 2.77. The van der Waals surface area contributed by atoms with Crippen molar-refractivity contribution in [3.8, 4) is 0 Å². The maximum absolute atomic E-state index is 13.3. The number of carbonyl (C=O) groups excluding carboxylic acids is 1. The predicted molar refractivity (Wildman–Crippen MR) is 68.6 cm³/mol. The highest BCUT2D eigenvalue weighted by molar-refractivity contribution is 5.85. The Morgan fingerprint density at radius 2 is 2.06 bits per heavy atom. The van der Waals surface area contributed by atoms with Crippen LogP contribution in [0.4, 0.5) is 8.78 Å². The summed E-state index contributed by atoms with van der Waals surface area (Å²) in [5, 5.41) is 0. The maximum atomic E-state index is 13.3. The number of likely N-dealkylation sites (N-methyl/N-ethyl adjacent to an activating group) is 1. The van der Waals surface area contributed by atoms with Crippen LogP contribution in [0, 0.1) is 11.6 Å². The van der Waals surface area contributed by atoms with Crippen LogP contribution >= 0.6 is 12.4 Å². The van der Waals surface area contributed by atoms with Gasteiger partial charge >= 0.3 is 0 Å². The lowest BCUT2D eigenvalue weighted by molar-refractivity contribution is -0.130. The molecule has 6 heteroatoms. The molecule has 3 nitrogen and oxygen atoms in total. The van der Waals surface area contributed by atoms with Crippen molar-refractivity contribution in [2.75, 3.05) is 13.6 Å². The fraction of sp³-hybridized carbons (Fsp3) is 0.417. The Labute approximate surface area is 111 Å². The van der Waals surface area contributed by atoms with Crippen LogP contribution in [0.5, 0.6) is 0 Å². The van der Waals surface area contributed by atoms with E-state index in [1.165, 1.54) is 17.0 Å². The normalized spacial score (nSPS) is 11.6. The van der Waals surface area contributed by atoms with Crippen molar-refractivity contribution >= 4 is 18.3 Å². The van der Waals surface area contributed by atoms with E-state index >= 15 is 0 Å². The molecule has 1 rings (SSSR count). The van der Waals surface area contributed by atoms with Gasteiger partial charge in [0, 0.05) is 25.2 Å². The van der Waals surface area contributed by atoms with Crippen molar-refractivity contribution in [2.45, 2.75) is 19.4 Å². The van der Waals surface area contributed by atoms with E-state index in [1.807, 2.05) is 0 Å². The van der Waals surface area contributed by atoms with E-state index in [1.54, 1.807) is 14.0 Å². The number of carbonyl (C=O) groups is 1. The van der Waals surface area contributed by atoms with Crippen LogP contribution in [-0.4, -0.2) is 30.4 Å². The number of benzene rings is 1. The van der Waals surface area contributed by atoms with Gasteiger partial charge in [-0.05, 0) is 13.0 Å². The first-order valence-electron chi connectivity index (χ1n) is 5.36. The molecule has 102 valence electrons. The fourth-order valence-electron chi connectivity index (χ4n) is 1.38. The summed E-state index contributed by atoms with van der Waals surface area (Å²) < 4.78 is 26.3. The molecule has 0 bridgehead atoms. The molecule has 0 aliphatic rings. The Balaban J connectivity index is 0.00000289. The number of nitrogens with zero attached hydrogens (tertiary/aromatic N) is 1. The molecule has 0 saturated carbocycles. The minimum Gasteiger partial charge on any atom is -0.341 e. The Morgan fingerprint density at radius 3 is 2.61 bits per heavy atom. The largest absolute Gasteiger partial charge is 0.341 e. The molecule has 0 aliphatic heterocycles. The highest BCUT2D eigenvalue weighted by Gasteiger charge is 2.17. The average Bonchev–Trinajstić information content (AvgIpc) is 2.32. The van der Waals surface area contributed by atoms with Crippen LogP contribution < -0.4 is 5.73 Å². The molecule has 1 amide bonds. The van der Waals surface area contributed by atoms with Crippen molar-refractivity contribution in [3.63, 3.8) is 0 Å². The van der Waals surface area contributed by atoms with E-state index in [4.69, 9.17) is 5.73 Å². The molecule has 1 unspecified atom stereocenters. The van der Waals surface area contributed by atoms with E-state index in [0.29, 0.717) is 6.54 Å². The molecule has 0 fully saturated rings. The Hall–Kier alpha value is -1.20. The summed E-state index contributed by atoms with van der Waals surface area (Å²) in [5.74, 6) is -2.19. The zero-order chi connectivity index (χ0) is 13.0. The van der Waals surface area contributed by atoms with Gasteiger partial charge in [0.05, 0.1) is 6.42 Å². The lowest BCUT2D eigenvalue weighted by atomic mass is 10.1. The molecule has 0 spiro atoms. The highest BCUT2D eigenvalue weighted by Crippen LogP contribution is 2.13. The summed E-state index contributed by atoms with van der Waals surface area (Å²) in [6, 6.07) is 3.68. The molecular formula is C12H17ClF2N2O. The summed E-state index contributed by atoms with van der Waals surface area (Å²) in [4.78, 5) is 13.2. The molecule has 0 aliphatic carbocycles. The molecular weight excluding hydrogens is 262 g/mol. The van der Waals surface area contributed by atoms with E-state index in [0.717, 1.165) is 6.07 Å². The Bertz CT molecular complexity index is 415. The van der Waals surface area contributed by atoms with Gasteiger partial charge in [-0.1, -0.05) is 12.1 Å². The van der Waals surface area contributed by atoms with Crippen molar-refractivity contribution in [3.05, 3.63) is 35.4 Å². The topological polar surface area (TPSA) is 46.3 Å². The molecule has 1 atom stereocenters. The summed E-state index contributed by atoms with van der Waals surface area (Å²) in [5.41, 5.74) is 5.49. The van der Waals surface area contributed by atoms with Gasteiger partial charge in [0.25, 0.3) is 0 Å². The van der Waals surface area contributed by atoms with Crippen molar-refractivity contribution < 1.29 is 13.6 Å². The van der Waals surface area contributed by atoms with Crippen LogP contribution in [0.25, 0.3) is 0 Å². The van der Waals surface area contributed by atoms with Gasteiger partial charge in [-0.3, -0.25) is 4.79 Å². The number of amides is 1. The lowest BCUT2D eigenvalue weighted by Gasteiger charge is -2.23. The molecule has 1 aromatic carbocycles. The van der Waals surface area contributed by atoms with Gasteiger partial charge in [-0.25, -0.2) is 8.78 Å². The zero-order valence-corrected chi connectivity index (χ0v) is 11.1. The highest BCUT2D eigenvalue weighted by atomic mass is 35.5.